The van der Waals surface area contributed by atoms with Gasteiger partial charge in [0, 0.05) is 24.5 Å². The Balaban J connectivity index is 2.05. The van der Waals surface area contributed by atoms with Crippen molar-refractivity contribution in [2.75, 3.05) is 11.9 Å². The molecule has 0 unspecified atom stereocenters. The van der Waals surface area contributed by atoms with E-state index in [0.717, 1.165) is 12.1 Å². The number of aromatic carboxylic acids is 1. The molecule has 6 heteroatoms. The van der Waals surface area contributed by atoms with Gasteiger partial charge in [-0.25, -0.2) is 14.8 Å². The number of hydrogen-bond acceptors (Lipinski definition) is 5. The summed E-state index contributed by atoms with van der Waals surface area (Å²) < 4.78 is 0. The second-order valence-electron chi connectivity index (χ2n) is 3.81. The van der Waals surface area contributed by atoms with Crippen molar-refractivity contribution in [1.82, 2.24) is 9.97 Å². The number of aromatic nitrogens is 2. The van der Waals surface area contributed by atoms with Crippen molar-refractivity contribution in [3.8, 4) is 0 Å². The number of aryl methyl sites for hydroxylation is 1. The first kappa shape index (κ1) is 12.5. The molecule has 2 aromatic heterocycles. The predicted octanol–water partition coefficient (Wildman–Crippen LogP) is 2.20. The first-order valence-electron chi connectivity index (χ1n) is 5.48. The van der Waals surface area contributed by atoms with Crippen molar-refractivity contribution < 1.29 is 9.90 Å². The van der Waals surface area contributed by atoms with Gasteiger partial charge in [0.2, 0.25) is 0 Å². The van der Waals surface area contributed by atoms with Crippen molar-refractivity contribution in [3.63, 3.8) is 0 Å². The normalized spacial score (nSPS) is 10.3. The first-order chi connectivity index (χ1) is 8.68. The topological polar surface area (TPSA) is 75.1 Å². The molecular weight excluding hydrogens is 250 g/mol. The molecule has 2 heterocycles. The van der Waals surface area contributed by atoms with E-state index in [1.54, 1.807) is 36.0 Å². The Kier molecular flexibility index (Phi) is 3.88. The number of rotatable bonds is 5. The first-order valence-corrected chi connectivity index (χ1v) is 6.42. The number of carboxylic acid groups (broad SMARTS) is 1. The van der Waals surface area contributed by atoms with Gasteiger partial charge in [-0.3, -0.25) is 0 Å². The molecule has 0 radical (unpaired) electrons. The molecule has 18 heavy (non-hydrogen) atoms. The molecular formula is C12H13N3O2S. The average Bonchev–Trinajstić information content (AvgIpc) is 2.81. The zero-order valence-corrected chi connectivity index (χ0v) is 10.7. The van der Waals surface area contributed by atoms with Crippen molar-refractivity contribution in [1.29, 1.82) is 0 Å². The van der Waals surface area contributed by atoms with E-state index in [1.807, 2.05) is 5.38 Å². The van der Waals surface area contributed by atoms with Crippen molar-refractivity contribution in [2.24, 2.45) is 0 Å². The minimum Gasteiger partial charge on any atom is -0.478 e. The highest BCUT2D eigenvalue weighted by molar-refractivity contribution is 7.07. The van der Waals surface area contributed by atoms with E-state index in [2.05, 4.69) is 15.3 Å². The predicted molar refractivity (Wildman–Crippen MR) is 70.2 cm³/mol. The van der Waals surface area contributed by atoms with Gasteiger partial charge in [-0.15, -0.1) is 11.3 Å². The molecule has 0 aromatic carbocycles. The van der Waals surface area contributed by atoms with E-state index in [9.17, 15) is 4.79 Å². The van der Waals surface area contributed by atoms with Crippen LogP contribution in [0.25, 0.3) is 0 Å². The van der Waals surface area contributed by atoms with Gasteiger partial charge in [-0.05, 0) is 18.6 Å². The van der Waals surface area contributed by atoms with E-state index in [1.165, 1.54) is 0 Å². The number of carboxylic acids is 1. The van der Waals surface area contributed by atoms with Gasteiger partial charge in [0.15, 0.2) is 0 Å². The Bertz CT molecular complexity index is 540. The number of nitrogens with zero attached hydrogens (tertiary/aromatic N) is 2. The lowest BCUT2D eigenvalue weighted by Gasteiger charge is -2.09. The lowest BCUT2D eigenvalue weighted by atomic mass is 10.1. The van der Waals surface area contributed by atoms with Gasteiger partial charge in [0.05, 0.1) is 11.2 Å². The van der Waals surface area contributed by atoms with E-state index in [4.69, 9.17) is 5.11 Å². The molecule has 0 atom stereocenters. The van der Waals surface area contributed by atoms with Crippen LogP contribution in [0.1, 0.15) is 21.6 Å². The number of pyridine rings is 1. The largest absolute Gasteiger partial charge is 0.478 e. The summed E-state index contributed by atoms with van der Waals surface area (Å²) >= 11 is 1.55. The van der Waals surface area contributed by atoms with Crippen LogP contribution in [0, 0.1) is 6.92 Å². The molecule has 5 nitrogen and oxygen atoms in total. The number of thiazole rings is 1. The number of anilines is 1. The Labute approximate surface area is 109 Å². The summed E-state index contributed by atoms with van der Waals surface area (Å²) in [6.45, 7) is 2.37. The Hall–Kier alpha value is -1.95. The molecule has 2 N–H and O–H groups in total. The average molecular weight is 263 g/mol. The summed E-state index contributed by atoms with van der Waals surface area (Å²) in [4.78, 5) is 19.4. The van der Waals surface area contributed by atoms with Crippen LogP contribution in [0.15, 0.2) is 23.2 Å². The molecule has 0 saturated carbocycles. The van der Waals surface area contributed by atoms with Crippen LogP contribution in [0.4, 0.5) is 5.82 Å². The third-order valence-corrected chi connectivity index (χ3v) is 3.17. The van der Waals surface area contributed by atoms with Crippen molar-refractivity contribution >= 4 is 23.1 Å². The minimum absolute atomic E-state index is 0.232. The fourth-order valence-corrected chi connectivity index (χ4v) is 2.23. The van der Waals surface area contributed by atoms with Crippen molar-refractivity contribution in [2.45, 2.75) is 13.3 Å². The highest BCUT2D eigenvalue weighted by atomic mass is 32.1. The van der Waals surface area contributed by atoms with Crippen LogP contribution in [0.3, 0.4) is 0 Å². The quantitative estimate of drug-likeness (QED) is 0.865. The van der Waals surface area contributed by atoms with Gasteiger partial charge in [0.25, 0.3) is 0 Å². The Morgan fingerprint density at radius 2 is 2.33 bits per heavy atom. The standard InChI is InChI=1S/C12H13N3O2S/c1-8-2-4-13-11(10(8)12(16)17)14-5-3-9-6-18-7-15-9/h2,4,6-7H,3,5H2,1H3,(H,13,14)(H,16,17). The monoisotopic (exact) mass is 263 g/mol. The number of nitrogens with one attached hydrogen (secondary N) is 1. The molecule has 0 fully saturated rings. The summed E-state index contributed by atoms with van der Waals surface area (Å²) in [5, 5.41) is 14.2. The third-order valence-electron chi connectivity index (χ3n) is 2.53. The maximum Gasteiger partial charge on any atom is 0.339 e. The summed E-state index contributed by atoms with van der Waals surface area (Å²) in [7, 11) is 0. The SMILES string of the molecule is Cc1ccnc(NCCc2cscn2)c1C(=O)O. The van der Waals surface area contributed by atoms with Gasteiger partial charge < -0.3 is 10.4 Å². The zero-order valence-electron chi connectivity index (χ0n) is 9.88. The fourth-order valence-electron chi connectivity index (χ4n) is 1.63. The summed E-state index contributed by atoms with van der Waals surface area (Å²) in [5.41, 5.74) is 3.71. The molecule has 2 aromatic rings. The van der Waals surface area contributed by atoms with Gasteiger partial charge >= 0.3 is 5.97 Å². The van der Waals surface area contributed by atoms with Gasteiger partial charge in [0.1, 0.15) is 11.4 Å². The van der Waals surface area contributed by atoms with Crippen LogP contribution >= 0.6 is 11.3 Å². The molecule has 2 rings (SSSR count). The zero-order chi connectivity index (χ0) is 13.0. The molecule has 0 amide bonds. The Morgan fingerprint density at radius 3 is 3.00 bits per heavy atom. The molecule has 0 aliphatic rings. The number of hydrogen-bond donors (Lipinski definition) is 2. The highest BCUT2D eigenvalue weighted by Crippen LogP contribution is 2.16. The van der Waals surface area contributed by atoms with Crippen LogP contribution < -0.4 is 5.32 Å². The number of carbonyl (C=O) groups is 1. The lowest BCUT2D eigenvalue weighted by molar-refractivity contribution is 0.0697. The molecule has 94 valence electrons. The van der Waals surface area contributed by atoms with E-state index >= 15 is 0 Å². The molecule has 0 spiro atoms. The molecule has 0 bridgehead atoms. The molecule has 0 aliphatic carbocycles. The third kappa shape index (κ3) is 2.84. The molecule has 0 aliphatic heterocycles. The second-order valence-corrected chi connectivity index (χ2v) is 4.53. The maximum absolute atomic E-state index is 11.1. The maximum atomic E-state index is 11.1. The van der Waals surface area contributed by atoms with E-state index in [-0.39, 0.29) is 5.56 Å². The van der Waals surface area contributed by atoms with Crippen molar-refractivity contribution in [3.05, 3.63) is 40.0 Å². The van der Waals surface area contributed by atoms with Crippen LogP contribution in [0.5, 0.6) is 0 Å². The fraction of sp³-hybridized carbons (Fsp3) is 0.250. The van der Waals surface area contributed by atoms with Crippen LogP contribution in [-0.2, 0) is 6.42 Å². The smallest absolute Gasteiger partial charge is 0.339 e. The summed E-state index contributed by atoms with van der Waals surface area (Å²) in [5.74, 6) is -0.547. The van der Waals surface area contributed by atoms with E-state index in [0.29, 0.717) is 17.9 Å². The second kappa shape index (κ2) is 5.59. The van der Waals surface area contributed by atoms with Crippen LogP contribution in [0.2, 0.25) is 0 Å². The Morgan fingerprint density at radius 1 is 1.50 bits per heavy atom. The van der Waals surface area contributed by atoms with Gasteiger partial charge in [-0.1, -0.05) is 0 Å². The highest BCUT2D eigenvalue weighted by Gasteiger charge is 2.13. The summed E-state index contributed by atoms with van der Waals surface area (Å²) in [6, 6.07) is 1.69. The minimum atomic E-state index is -0.961. The lowest BCUT2D eigenvalue weighted by Crippen LogP contribution is -2.12. The van der Waals surface area contributed by atoms with Gasteiger partial charge in [-0.2, -0.15) is 0 Å². The van der Waals surface area contributed by atoms with Crippen LogP contribution in [-0.4, -0.2) is 27.6 Å². The summed E-state index contributed by atoms with van der Waals surface area (Å²) in [6.07, 6.45) is 2.35. The van der Waals surface area contributed by atoms with E-state index < -0.39 is 5.97 Å². The molecule has 0 saturated heterocycles.